The van der Waals surface area contributed by atoms with E-state index in [4.69, 9.17) is 0 Å². The molecule has 0 saturated heterocycles. The maximum Gasteiger partial charge on any atom is 0.258 e. The topological polar surface area (TPSA) is 39.1 Å². The third-order valence-electron chi connectivity index (χ3n) is 2.72. The summed E-state index contributed by atoms with van der Waals surface area (Å²) in [4.78, 5) is 23.4. The zero-order valence-corrected chi connectivity index (χ0v) is 9.36. The molecule has 0 spiro atoms. The van der Waals surface area contributed by atoms with Gasteiger partial charge in [0.2, 0.25) is 0 Å². The molecule has 3 nitrogen and oxygen atoms in total. The van der Waals surface area contributed by atoms with Crippen LogP contribution in [0.3, 0.4) is 0 Å². The van der Waals surface area contributed by atoms with Crippen molar-refractivity contribution in [2.75, 3.05) is 0 Å². The average molecular weight is 215 g/mol. The molecule has 1 heterocycles. The van der Waals surface area contributed by atoms with Crippen LogP contribution in [0.2, 0.25) is 0 Å². The summed E-state index contributed by atoms with van der Waals surface area (Å²) in [6, 6.07) is 7.15. The fourth-order valence-electron chi connectivity index (χ4n) is 1.71. The van der Waals surface area contributed by atoms with Crippen LogP contribution in [0.5, 0.6) is 0 Å². The lowest BCUT2D eigenvalue weighted by molar-refractivity contribution is 0.0988. The molecule has 0 fully saturated rings. The molecule has 0 saturated carbocycles. The summed E-state index contributed by atoms with van der Waals surface area (Å²) in [5, 5.41) is 1.47. The standard InChI is InChI=1S/C13H13NO2/c1-3-12(15)10-5-4-9-6-7-14(2)13(16)11(9)8-10/h4-8H,3H2,1-2H3. The number of carbonyl (C=O) groups is 1. The van der Waals surface area contributed by atoms with Crippen molar-refractivity contribution in [3.63, 3.8) is 0 Å². The molecular weight excluding hydrogens is 202 g/mol. The summed E-state index contributed by atoms with van der Waals surface area (Å²) >= 11 is 0. The number of Topliss-reactive ketones (excluding diaryl/α,β-unsaturated/α-hetero) is 1. The number of hydrogen-bond donors (Lipinski definition) is 0. The number of fused-ring (bicyclic) bond motifs is 1. The van der Waals surface area contributed by atoms with Gasteiger partial charge in [0.1, 0.15) is 0 Å². The van der Waals surface area contributed by atoms with E-state index >= 15 is 0 Å². The van der Waals surface area contributed by atoms with Gasteiger partial charge in [-0.2, -0.15) is 0 Å². The van der Waals surface area contributed by atoms with Crippen molar-refractivity contribution >= 4 is 16.6 Å². The Morgan fingerprint density at radius 3 is 2.75 bits per heavy atom. The second-order valence-corrected chi connectivity index (χ2v) is 3.81. The Balaban J connectivity index is 2.74. The highest BCUT2D eigenvalue weighted by Crippen LogP contribution is 2.13. The van der Waals surface area contributed by atoms with Gasteiger partial charge in [-0.25, -0.2) is 0 Å². The lowest BCUT2D eigenvalue weighted by Crippen LogP contribution is -2.15. The molecule has 16 heavy (non-hydrogen) atoms. The van der Waals surface area contributed by atoms with Gasteiger partial charge in [-0.05, 0) is 17.5 Å². The lowest BCUT2D eigenvalue weighted by Gasteiger charge is -2.03. The minimum atomic E-state index is -0.0664. The Hall–Kier alpha value is -1.90. The molecule has 0 bridgehead atoms. The summed E-state index contributed by atoms with van der Waals surface area (Å²) < 4.78 is 1.52. The second-order valence-electron chi connectivity index (χ2n) is 3.81. The Bertz CT molecular complexity index is 611. The predicted molar refractivity (Wildman–Crippen MR) is 63.8 cm³/mol. The molecule has 0 radical (unpaired) electrons. The molecule has 1 aromatic heterocycles. The van der Waals surface area contributed by atoms with Crippen LogP contribution < -0.4 is 5.56 Å². The average Bonchev–Trinajstić information content (AvgIpc) is 2.32. The van der Waals surface area contributed by atoms with Crippen LogP contribution in [0.25, 0.3) is 10.8 Å². The van der Waals surface area contributed by atoms with Gasteiger partial charge < -0.3 is 4.57 Å². The second kappa shape index (κ2) is 3.93. The molecule has 2 rings (SSSR count). The van der Waals surface area contributed by atoms with E-state index in [1.54, 1.807) is 25.4 Å². The molecule has 1 aromatic carbocycles. The summed E-state index contributed by atoms with van der Waals surface area (Å²) in [6.07, 6.45) is 2.19. The summed E-state index contributed by atoms with van der Waals surface area (Å²) in [5.74, 6) is 0.0628. The molecule has 3 heteroatoms. The van der Waals surface area contributed by atoms with Crippen molar-refractivity contribution in [3.8, 4) is 0 Å². The Morgan fingerprint density at radius 1 is 1.31 bits per heavy atom. The first-order chi connectivity index (χ1) is 7.63. The SMILES string of the molecule is CCC(=O)c1ccc2ccn(C)c(=O)c2c1. The van der Waals surface area contributed by atoms with Crippen molar-refractivity contribution in [1.29, 1.82) is 0 Å². The molecule has 0 aliphatic rings. The first kappa shape index (κ1) is 10.6. The molecule has 82 valence electrons. The molecule has 0 N–H and O–H groups in total. The molecule has 2 aromatic rings. The van der Waals surface area contributed by atoms with Crippen LogP contribution in [-0.4, -0.2) is 10.4 Å². The van der Waals surface area contributed by atoms with Gasteiger partial charge >= 0.3 is 0 Å². The number of benzene rings is 1. The van der Waals surface area contributed by atoms with Gasteiger partial charge in [-0.1, -0.05) is 19.1 Å². The number of hydrogen-bond acceptors (Lipinski definition) is 2. The highest BCUT2D eigenvalue weighted by molar-refractivity contribution is 5.99. The Labute approximate surface area is 93.3 Å². The summed E-state index contributed by atoms with van der Waals surface area (Å²) in [5.41, 5.74) is 0.543. The van der Waals surface area contributed by atoms with E-state index in [1.165, 1.54) is 4.57 Å². The molecule has 0 unspecified atom stereocenters. The van der Waals surface area contributed by atoms with Crippen LogP contribution in [-0.2, 0) is 7.05 Å². The number of rotatable bonds is 2. The van der Waals surface area contributed by atoms with Gasteiger partial charge in [0.15, 0.2) is 5.78 Å². The fourth-order valence-corrected chi connectivity index (χ4v) is 1.71. The number of pyridine rings is 1. The van der Waals surface area contributed by atoms with E-state index in [9.17, 15) is 9.59 Å². The number of aryl methyl sites for hydroxylation is 1. The van der Waals surface area contributed by atoms with E-state index < -0.39 is 0 Å². The number of carbonyl (C=O) groups excluding carboxylic acids is 1. The minimum Gasteiger partial charge on any atom is -0.318 e. The van der Waals surface area contributed by atoms with Gasteiger partial charge in [0, 0.05) is 30.6 Å². The third-order valence-corrected chi connectivity index (χ3v) is 2.72. The van der Waals surface area contributed by atoms with E-state index in [1.807, 2.05) is 19.1 Å². The van der Waals surface area contributed by atoms with E-state index in [-0.39, 0.29) is 11.3 Å². The zero-order valence-electron chi connectivity index (χ0n) is 9.36. The van der Waals surface area contributed by atoms with Crippen LogP contribution in [0.1, 0.15) is 23.7 Å². The molecule has 0 amide bonds. The largest absolute Gasteiger partial charge is 0.318 e. The van der Waals surface area contributed by atoms with Gasteiger partial charge in [0.25, 0.3) is 5.56 Å². The number of aromatic nitrogens is 1. The predicted octanol–water partition coefficient (Wildman–Crippen LogP) is 2.13. The Morgan fingerprint density at radius 2 is 2.06 bits per heavy atom. The maximum atomic E-state index is 11.8. The molecule has 0 aliphatic heterocycles. The minimum absolute atomic E-state index is 0.0628. The number of ketones is 1. The zero-order chi connectivity index (χ0) is 11.7. The van der Waals surface area contributed by atoms with Crippen LogP contribution in [0.4, 0.5) is 0 Å². The van der Waals surface area contributed by atoms with E-state index in [0.717, 1.165) is 5.39 Å². The molecule has 0 aliphatic carbocycles. The van der Waals surface area contributed by atoms with E-state index in [0.29, 0.717) is 17.4 Å². The van der Waals surface area contributed by atoms with Crippen molar-refractivity contribution in [1.82, 2.24) is 4.57 Å². The van der Waals surface area contributed by atoms with Crippen molar-refractivity contribution < 1.29 is 4.79 Å². The van der Waals surface area contributed by atoms with Crippen LogP contribution in [0.15, 0.2) is 35.3 Å². The normalized spacial score (nSPS) is 10.6. The first-order valence-electron chi connectivity index (χ1n) is 5.26. The van der Waals surface area contributed by atoms with Crippen LogP contribution in [0, 0.1) is 0 Å². The Kier molecular flexibility index (Phi) is 2.60. The highest BCUT2D eigenvalue weighted by atomic mass is 16.1. The van der Waals surface area contributed by atoms with Crippen molar-refractivity contribution in [2.24, 2.45) is 7.05 Å². The third kappa shape index (κ3) is 1.65. The summed E-state index contributed by atoms with van der Waals surface area (Å²) in [7, 11) is 1.70. The lowest BCUT2D eigenvalue weighted by atomic mass is 10.0. The summed E-state index contributed by atoms with van der Waals surface area (Å²) in [6.45, 7) is 1.82. The highest BCUT2D eigenvalue weighted by Gasteiger charge is 2.06. The van der Waals surface area contributed by atoms with Crippen LogP contribution >= 0.6 is 0 Å². The quantitative estimate of drug-likeness (QED) is 0.720. The molecular formula is C13H13NO2. The monoisotopic (exact) mass is 215 g/mol. The van der Waals surface area contributed by atoms with Crippen molar-refractivity contribution in [2.45, 2.75) is 13.3 Å². The molecule has 0 atom stereocenters. The maximum absolute atomic E-state index is 11.8. The smallest absolute Gasteiger partial charge is 0.258 e. The van der Waals surface area contributed by atoms with Gasteiger partial charge in [-0.15, -0.1) is 0 Å². The van der Waals surface area contributed by atoms with Gasteiger partial charge in [0.05, 0.1) is 0 Å². The first-order valence-corrected chi connectivity index (χ1v) is 5.26. The van der Waals surface area contributed by atoms with E-state index in [2.05, 4.69) is 0 Å². The number of nitrogens with zero attached hydrogens (tertiary/aromatic N) is 1. The fraction of sp³-hybridized carbons (Fsp3) is 0.231. The van der Waals surface area contributed by atoms with Crippen molar-refractivity contribution in [3.05, 3.63) is 46.4 Å². The van der Waals surface area contributed by atoms with Gasteiger partial charge in [-0.3, -0.25) is 9.59 Å².